The van der Waals surface area contributed by atoms with E-state index in [1.165, 1.54) is 4.31 Å². The smallest absolute Gasteiger partial charge is 0.243 e. The van der Waals surface area contributed by atoms with Gasteiger partial charge in [0.25, 0.3) is 0 Å². The van der Waals surface area contributed by atoms with Gasteiger partial charge in [-0.15, -0.1) is 0 Å². The van der Waals surface area contributed by atoms with Crippen LogP contribution in [0.5, 0.6) is 0 Å². The molecule has 2 heterocycles. The van der Waals surface area contributed by atoms with Gasteiger partial charge in [0.15, 0.2) is 0 Å². The van der Waals surface area contributed by atoms with Gasteiger partial charge in [0.05, 0.1) is 18.1 Å². The average molecular weight is 338 g/mol. The summed E-state index contributed by atoms with van der Waals surface area (Å²) in [6, 6.07) is 6.46. The molecule has 0 spiro atoms. The Labute approximate surface area is 137 Å². The van der Waals surface area contributed by atoms with E-state index in [1.807, 2.05) is 6.92 Å². The van der Waals surface area contributed by atoms with E-state index >= 15 is 0 Å². The lowest BCUT2D eigenvalue weighted by atomic mass is 10.1. The monoisotopic (exact) mass is 338 g/mol. The van der Waals surface area contributed by atoms with Crippen molar-refractivity contribution in [2.75, 3.05) is 31.2 Å². The van der Waals surface area contributed by atoms with E-state index in [0.717, 1.165) is 18.5 Å². The van der Waals surface area contributed by atoms with Crippen LogP contribution in [0.3, 0.4) is 0 Å². The number of morpholine rings is 1. The van der Waals surface area contributed by atoms with Crippen molar-refractivity contribution in [3.63, 3.8) is 0 Å². The van der Waals surface area contributed by atoms with E-state index in [2.05, 4.69) is 0 Å². The van der Waals surface area contributed by atoms with Gasteiger partial charge >= 0.3 is 0 Å². The third-order valence-electron chi connectivity index (χ3n) is 4.39. The molecule has 0 saturated carbocycles. The SMILES string of the molecule is CC1COCCN1S(=O)(=O)c1ccc(N2CCCCC2=O)cc1. The molecule has 0 N–H and O–H groups in total. The van der Waals surface area contributed by atoms with Crippen molar-refractivity contribution in [1.29, 1.82) is 0 Å². The maximum Gasteiger partial charge on any atom is 0.243 e. The molecule has 2 aliphatic rings. The van der Waals surface area contributed by atoms with Gasteiger partial charge in [-0.25, -0.2) is 8.42 Å². The van der Waals surface area contributed by atoms with Gasteiger partial charge in [-0.3, -0.25) is 4.79 Å². The van der Waals surface area contributed by atoms with Crippen molar-refractivity contribution in [2.45, 2.75) is 37.1 Å². The highest BCUT2D eigenvalue weighted by Gasteiger charge is 2.31. The van der Waals surface area contributed by atoms with Crippen LogP contribution in [0.15, 0.2) is 29.2 Å². The summed E-state index contributed by atoms with van der Waals surface area (Å²) in [5.74, 6) is 0.105. The summed E-state index contributed by atoms with van der Waals surface area (Å²) >= 11 is 0. The van der Waals surface area contributed by atoms with Gasteiger partial charge in [0.1, 0.15) is 0 Å². The molecule has 0 aromatic heterocycles. The number of carbonyl (C=O) groups is 1. The number of anilines is 1. The zero-order chi connectivity index (χ0) is 16.4. The van der Waals surface area contributed by atoms with Gasteiger partial charge in [0.2, 0.25) is 15.9 Å². The number of ether oxygens (including phenoxy) is 1. The maximum atomic E-state index is 12.7. The quantitative estimate of drug-likeness (QED) is 0.840. The summed E-state index contributed by atoms with van der Waals surface area (Å²) in [6.07, 6.45) is 2.47. The summed E-state index contributed by atoms with van der Waals surface area (Å²) in [7, 11) is -3.52. The highest BCUT2D eigenvalue weighted by Crippen LogP contribution is 2.25. The maximum absolute atomic E-state index is 12.7. The zero-order valence-electron chi connectivity index (χ0n) is 13.3. The largest absolute Gasteiger partial charge is 0.378 e. The molecule has 7 heteroatoms. The van der Waals surface area contributed by atoms with Crippen LogP contribution >= 0.6 is 0 Å². The van der Waals surface area contributed by atoms with Gasteiger partial charge in [-0.1, -0.05) is 0 Å². The van der Waals surface area contributed by atoms with Crippen LogP contribution in [0.25, 0.3) is 0 Å². The lowest BCUT2D eigenvalue weighted by molar-refractivity contribution is -0.119. The molecule has 0 aliphatic carbocycles. The van der Waals surface area contributed by atoms with Crippen LogP contribution in [0.2, 0.25) is 0 Å². The molecule has 0 radical (unpaired) electrons. The first-order valence-electron chi connectivity index (χ1n) is 8.00. The molecule has 1 atom stereocenters. The first-order valence-corrected chi connectivity index (χ1v) is 9.44. The minimum Gasteiger partial charge on any atom is -0.378 e. The lowest BCUT2D eigenvalue weighted by Crippen LogP contribution is -2.46. The number of hydrogen-bond donors (Lipinski definition) is 0. The second kappa shape index (κ2) is 6.59. The van der Waals surface area contributed by atoms with E-state index in [1.54, 1.807) is 29.2 Å². The van der Waals surface area contributed by atoms with Crippen molar-refractivity contribution >= 4 is 21.6 Å². The van der Waals surface area contributed by atoms with Crippen LogP contribution in [-0.2, 0) is 19.6 Å². The molecule has 2 fully saturated rings. The summed E-state index contributed by atoms with van der Waals surface area (Å²) in [4.78, 5) is 13.9. The Bertz CT molecular complexity index is 672. The van der Waals surface area contributed by atoms with Crippen LogP contribution in [0.4, 0.5) is 5.69 Å². The highest BCUT2D eigenvalue weighted by molar-refractivity contribution is 7.89. The number of hydrogen-bond acceptors (Lipinski definition) is 4. The van der Waals surface area contributed by atoms with Gasteiger partial charge in [0, 0.05) is 31.2 Å². The third-order valence-corrected chi connectivity index (χ3v) is 6.41. The number of nitrogens with zero attached hydrogens (tertiary/aromatic N) is 2. The second-order valence-corrected chi connectivity index (χ2v) is 7.93. The Balaban J connectivity index is 1.82. The fourth-order valence-electron chi connectivity index (χ4n) is 3.08. The Hall–Kier alpha value is -1.44. The van der Waals surface area contributed by atoms with Crippen molar-refractivity contribution in [2.24, 2.45) is 0 Å². The number of sulfonamides is 1. The Morgan fingerprint density at radius 3 is 2.52 bits per heavy atom. The molecule has 23 heavy (non-hydrogen) atoms. The molecule has 1 aromatic rings. The van der Waals surface area contributed by atoms with Crippen molar-refractivity contribution < 1.29 is 17.9 Å². The molecule has 3 rings (SSSR count). The molecule has 126 valence electrons. The third kappa shape index (κ3) is 3.27. The minimum absolute atomic E-state index is 0.105. The second-order valence-electron chi connectivity index (χ2n) is 6.04. The summed E-state index contributed by atoms with van der Waals surface area (Å²) in [5, 5.41) is 0. The van der Waals surface area contributed by atoms with Gasteiger partial charge in [-0.2, -0.15) is 4.31 Å². The molecular formula is C16H22N2O4S. The molecular weight excluding hydrogens is 316 g/mol. The van der Waals surface area contributed by atoms with Crippen LogP contribution in [0.1, 0.15) is 26.2 Å². The van der Waals surface area contributed by atoms with Crippen LogP contribution in [-0.4, -0.2) is 51.0 Å². The fourth-order valence-corrected chi connectivity index (χ4v) is 4.68. The Morgan fingerprint density at radius 1 is 1.13 bits per heavy atom. The summed E-state index contributed by atoms with van der Waals surface area (Å²) < 4.78 is 32.3. The number of benzene rings is 1. The highest BCUT2D eigenvalue weighted by atomic mass is 32.2. The standard InChI is InChI=1S/C16H22N2O4S/c1-13-12-22-11-10-18(13)23(20,21)15-7-5-14(6-8-15)17-9-3-2-4-16(17)19/h5-8,13H,2-4,9-12H2,1H3. The number of amides is 1. The van der Waals surface area contributed by atoms with Crippen LogP contribution < -0.4 is 4.90 Å². The minimum atomic E-state index is -3.52. The first kappa shape index (κ1) is 16.4. The van der Waals surface area contributed by atoms with Crippen molar-refractivity contribution in [3.8, 4) is 0 Å². The topological polar surface area (TPSA) is 66.9 Å². The van der Waals surface area contributed by atoms with E-state index < -0.39 is 10.0 Å². The van der Waals surface area contributed by atoms with E-state index in [4.69, 9.17) is 4.74 Å². The molecule has 1 amide bonds. The van der Waals surface area contributed by atoms with E-state index in [-0.39, 0.29) is 16.8 Å². The fraction of sp³-hybridized carbons (Fsp3) is 0.562. The predicted octanol–water partition coefficient (Wildman–Crippen LogP) is 1.61. The molecule has 2 aliphatic heterocycles. The molecule has 1 aromatic carbocycles. The van der Waals surface area contributed by atoms with Crippen molar-refractivity contribution in [3.05, 3.63) is 24.3 Å². The molecule has 6 nitrogen and oxygen atoms in total. The van der Waals surface area contributed by atoms with Crippen molar-refractivity contribution in [1.82, 2.24) is 4.31 Å². The number of carbonyl (C=O) groups excluding carboxylic acids is 1. The molecule has 2 saturated heterocycles. The lowest BCUT2D eigenvalue weighted by Gasteiger charge is -2.32. The average Bonchev–Trinajstić information content (AvgIpc) is 2.56. The summed E-state index contributed by atoms with van der Waals surface area (Å²) in [5.41, 5.74) is 0.767. The van der Waals surface area contributed by atoms with E-state index in [9.17, 15) is 13.2 Å². The van der Waals surface area contributed by atoms with Crippen LogP contribution in [0, 0.1) is 0 Å². The Morgan fingerprint density at radius 2 is 1.87 bits per heavy atom. The normalized spacial score (nSPS) is 24.0. The zero-order valence-corrected chi connectivity index (χ0v) is 14.1. The van der Waals surface area contributed by atoms with Gasteiger partial charge < -0.3 is 9.64 Å². The molecule has 1 unspecified atom stereocenters. The predicted molar refractivity (Wildman–Crippen MR) is 86.8 cm³/mol. The van der Waals surface area contributed by atoms with E-state index in [0.29, 0.717) is 32.7 Å². The first-order chi connectivity index (χ1) is 11.0. The number of rotatable bonds is 3. The summed E-state index contributed by atoms with van der Waals surface area (Å²) in [6.45, 7) is 3.75. The Kier molecular flexibility index (Phi) is 4.70. The molecule has 0 bridgehead atoms. The van der Waals surface area contributed by atoms with Gasteiger partial charge in [-0.05, 0) is 44.0 Å². The number of piperidine rings is 1.